The maximum Gasteiger partial charge on any atom is 0.218 e. The van der Waals surface area contributed by atoms with Crippen molar-refractivity contribution in [2.45, 2.75) is 26.3 Å². The number of nitrogens with zero attached hydrogens (tertiary/aromatic N) is 3. The van der Waals surface area contributed by atoms with Crippen LogP contribution in [-0.4, -0.2) is 21.6 Å². The smallest absolute Gasteiger partial charge is 0.218 e. The Morgan fingerprint density at radius 1 is 1.21 bits per heavy atom. The van der Waals surface area contributed by atoms with Gasteiger partial charge in [-0.3, -0.25) is 4.98 Å². The normalized spacial score (nSPS) is 10.2. The fourth-order valence-electron chi connectivity index (χ4n) is 1.52. The molecule has 0 unspecified atom stereocenters. The van der Waals surface area contributed by atoms with E-state index in [0.717, 1.165) is 24.4 Å². The van der Waals surface area contributed by atoms with Crippen LogP contribution in [0.3, 0.4) is 0 Å². The minimum Gasteiger partial charge on any atom is -0.478 e. The zero-order valence-corrected chi connectivity index (χ0v) is 11.0. The Bertz CT molecular complexity index is 490. The van der Waals surface area contributed by atoms with E-state index in [1.54, 1.807) is 12.3 Å². The molecular formula is C14H18N4O. The standard InChI is InChI=1S/C14H18N4O/c1-2-3-8-19-14-9-13(17-11-18-14)16-10-12-6-4-5-7-15-12/h4-7,9,11H,2-3,8,10H2,1H3,(H,16,17,18). The molecule has 0 aliphatic carbocycles. The van der Waals surface area contributed by atoms with Gasteiger partial charge in [0.2, 0.25) is 5.88 Å². The molecule has 0 saturated heterocycles. The van der Waals surface area contributed by atoms with Crippen LogP contribution in [-0.2, 0) is 6.54 Å². The van der Waals surface area contributed by atoms with Crippen molar-refractivity contribution in [3.8, 4) is 5.88 Å². The Morgan fingerprint density at radius 3 is 2.95 bits per heavy atom. The first-order valence-corrected chi connectivity index (χ1v) is 6.47. The molecule has 0 amide bonds. The Morgan fingerprint density at radius 2 is 2.16 bits per heavy atom. The lowest BCUT2D eigenvalue weighted by atomic mass is 10.3. The molecule has 1 N–H and O–H groups in total. The van der Waals surface area contributed by atoms with Gasteiger partial charge in [0, 0.05) is 12.3 Å². The van der Waals surface area contributed by atoms with Gasteiger partial charge in [-0.2, -0.15) is 0 Å². The highest BCUT2D eigenvalue weighted by atomic mass is 16.5. The monoisotopic (exact) mass is 258 g/mol. The molecule has 0 aliphatic heterocycles. The lowest BCUT2D eigenvalue weighted by Crippen LogP contribution is -2.04. The van der Waals surface area contributed by atoms with Crippen LogP contribution in [0, 0.1) is 0 Å². The molecule has 19 heavy (non-hydrogen) atoms. The van der Waals surface area contributed by atoms with Crippen molar-refractivity contribution in [2.24, 2.45) is 0 Å². The molecule has 2 aromatic heterocycles. The summed E-state index contributed by atoms with van der Waals surface area (Å²) in [5, 5.41) is 3.20. The third-order valence-corrected chi connectivity index (χ3v) is 2.57. The lowest BCUT2D eigenvalue weighted by molar-refractivity contribution is 0.297. The number of pyridine rings is 1. The maximum absolute atomic E-state index is 5.53. The molecule has 2 heterocycles. The van der Waals surface area contributed by atoms with Crippen LogP contribution < -0.4 is 10.1 Å². The fraction of sp³-hybridized carbons (Fsp3) is 0.357. The van der Waals surface area contributed by atoms with E-state index in [2.05, 4.69) is 27.2 Å². The molecule has 0 radical (unpaired) electrons. The molecular weight excluding hydrogens is 240 g/mol. The Kier molecular flexibility index (Phi) is 5.10. The molecule has 0 aliphatic rings. The number of hydrogen-bond donors (Lipinski definition) is 1. The van der Waals surface area contributed by atoms with Crippen molar-refractivity contribution in [2.75, 3.05) is 11.9 Å². The molecule has 0 saturated carbocycles. The average Bonchev–Trinajstić information content (AvgIpc) is 2.47. The Balaban J connectivity index is 1.88. The van der Waals surface area contributed by atoms with Crippen LogP contribution >= 0.6 is 0 Å². The SMILES string of the molecule is CCCCOc1cc(NCc2ccccn2)ncn1. The highest BCUT2D eigenvalue weighted by Crippen LogP contribution is 2.12. The van der Waals surface area contributed by atoms with Crippen molar-refractivity contribution in [1.29, 1.82) is 0 Å². The molecule has 2 aromatic rings. The number of hydrogen-bond acceptors (Lipinski definition) is 5. The quantitative estimate of drug-likeness (QED) is 0.774. The molecule has 5 nitrogen and oxygen atoms in total. The number of ether oxygens (including phenoxy) is 1. The summed E-state index contributed by atoms with van der Waals surface area (Å²) in [6.45, 7) is 3.45. The molecule has 0 bridgehead atoms. The summed E-state index contributed by atoms with van der Waals surface area (Å²) in [6.07, 6.45) is 5.41. The van der Waals surface area contributed by atoms with Crippen molar-refractivity contribution >= 4 is 5.82 Å². The zero-order valence-electron chi connectivity index (χ0n) is 11.0. The van der Waals surface area contributed by atoms with Gasteiger partial charge in [0.1, 0.15) is 12.1 Å². The summed E-state index contributed by atoms with van der Waals surface area (Å²) >= 11 is 0. The van der Waals surface area contributed by atoms with Gasteiger partial charge in [-0.15, -0.1) is 0 Å². The third kappa shape index (κ3) is 4.54. The number of nitrogens with one attached hydrogen (secondary N) is 1. The predicted octanol–water partition coefficient (Wildman–Crippen LogP) is 2.66. The zero-order chi connectivity index (χ0) is 13.3. The minimum absolute atomic E-state index is 0.604. The summed E-state index contributed by atoms with van der Waals surface area (Å²) < 4.78 is 5.53. The molecule has 0 aromatic carbocycles. The van der Waals surface area contributed by atoms with Crippen LogP contribution in [0.15, 0.2) is 36.8 Å². The predicted molar refractivity (Wildman–Crippen MR) is 74.0 cm³/mol. The first kappa shape index (κ1) is 13.3. The summed E-state index contributed by atoms with van der Waals surface area (Å²) in [5.41, 5.74) is 0.967. The van der Waals surface area contributed by atoms with E-state index in [0.29, 0.717) is 19.0 Å². The van der Waals surface area contributed by atoms with E-state index < -0.39 is 0 Å². The Labute approximate surface area is 113 Å². The molecule has 0 atom stereocenters. The molecule has 2 rings (SSSR count). The summed E-state index contributed by atoms with van der Waals surface area (Å²) in [5.74, 6) is 1.35. The first-order valence-electron chi connectivity index (χ1n) is 6.47. The second kappa shape index (κ2) is 7.31. The second-order valence-electron chi connectivity index (χ2n) is 4.12. The van der Waals surface area contributed by atoms with Crippen molar-refractivity contribution in [1.82, 2.24) is 15.0 Å². The lowest BCUT2D eigenvalue weighted by Gasteiger charge is -2.07. The molecule has 5 heteroatoms. The summed E-state index contributed by atoms with van der Waals surface area (Å²) in [4.78, 5) is 12.5. The number of anilines is 1. The van der Waals surface area contributed by atoms with Gasteiger partial charge >= 0.3 is 0 Å². The van der Waals surface area contributed by atoms with Gasteiger partial charge in [0.15, 0.2) is 0 Å². The van der Waals surface area contributed by atoms with Gasteiger partial charge in [-0.25, -0.2) is 9.97 Å². The summed E-state index contributed by atoms with van der Waals surface area (Å²) in [6, 6.07) is 7.63. The highest BCUT2D eigenvalue weighted by molar-refractivity contribution is 5.37. The van der Waals surface area contributed by atoms with E-state index in [4.69, 9.17) is 4.74 Å². The second-order valence-corrected chi connectivity index (χ2v) is 4.12. The molecule has 0 spiro atoms. The van der Waals surface area contributed by atoms with E-state index in [9.17, 15) is 0 Å². The van der Waals surface area contributed by atoms with Crippen LogP contribution in [0.5, 0.6) is 5.88 Å². The first-order chi connectivity index (χ1) is 9.38. The summed E-state index contributed by atoms with van der Waals surface area (Å²) in [7, 11) is 0. The van der Waals surface area contributed by atoms with Gasteiger partial charge in [-0.05, 0) is 18.6 Å². The van der Waals surface area contributed by atoms with E-state index in [1.165, 1.54) is 6.33 Å². The van der Waals surface area contributed by atoms with Crippen molar-refractivity contribution in [3.05, 3.63) is 42.5 Å². The topological polar surface area (TPSA) is 59.9 Å². The van der Waals surface area contributed by atoms with Gasteiger partial charge in [0.05, 0.1) is 18.8 Å². The maximum atomic E-state index is 5.53. The third-order valence-electron chi connectivity index (χ3n) is 2.57. The number of rotatable bonds is 7. The van der Waals surface area contributed by atoms with Crippen molar-refractivity contribution < 1.29 is 4.74 Å². The van der Waals surface area contributed by atoms with E-state index in [-0.39, 0.29) is 0 Å². The largest absolute Gasteiger partial charge is 0.478 e. The van der Waals surface area contributed by atoms with Crippen LogP contribution in [0.25, 0.3) is 0 Å². The van der Waals surface area contributed by atoms with Crippen molar-refractivity contribution in [3.63, 3.8) is 0 Å². The van der Waals surface area contributed by atoms with Crippen LogP contribution in [0.2, 0.25) is 0 Å². The Hall–Kier alpha value is -2.17. The van der Waals surface area contributed by atoms with Crippen LogP contribution in [0.4, 0.5) is 5.82 Å². The minimum atomic E-state index is 0.604. The van der Waals surface area contributed by atoms with Gasteiger partial charge in [0.25, 0.3) is 0 Å². The molecule has 0 fully saturated rings. The van der Waals surface area contributed by atoms with E-state index in [1.807, 2.05) is 18.2 Å². The van der Waals surface area contributed by atoms with E-state index >= 15 is 0 Å². The fourth-order valence-corrected chi connectivity index (χ4v) is 1.52. The average molecular weight is 258 g/mol. The van der Waals surface area contributed by atoms with Crippen LogP contribution in [0.1, 0.15) is 25.5 Å². The number of unbranched alkanes of at least 4 members (excludes halogenated alkanes) is 1. The van der Waals surface area contributed by atoms with Gasteiger partial charge < -0.3 is 10.1 Å². The number of aromatic nitrogens is 3. The molecule has 100 valence electrons. The van der Waals surface area contributed by atoms with Gasteiger partial charge in [-0.1, -0.05) is 19.4 Å². The highest BCUT2D eigenvalue weighted by Gasteiger charge is 2.00.